The quantitative estimate of drug-likeness (QED) is 0.614. The molecule has 1 saturated heterocycles. The number of piperazine rings is 1. The summed E-state index contributed by atoms with van der Waals surface area (Å²) in [6.07, 6.45) is 4.92. The summed E-state index contributed by atoms with van der Waals surface area (Å²) in [6, 6.07) is 10.8. The molecule has 2 aliphatic rings. The summed E-state index contributed by atoms with van der Waals surface area (Å²) in [4.78, 5) is 28.0. The van der Waals surface area contributed by atoms with Gasteiger partial charge in [0, 0.05) is 18.0 Å². The van der Waals surface area contributed by atoms with E-state index in [0.29, 0.717) is 5.69 Å². The number of nitrogens with zero attached hydrogens (tertiary/aromatic N) is 2. The second-order valence-electron chi connectivity index (χ2n) is 8.62. The number of amides is 1. The number of carbonyl (C=O) groups excluding carboxylic acids is 1. The molecule has 0 bridgehead atoms. The summed E-state index contributed by atoms with van der Waals surface area (Å²) < 4.78 is 26.7. The van der Waals surface area contributed by atoms with Crippen molar-refractivity contribution in [3.05, 3.63) is 41.3 Å². The normalized spacial score (nSPS) is 20.8. The molecule has 1 saturated carbocycles. The van der Waals surface area contributed by atoms with Crippen LogP contribution in [0.25, 0.3) is 10.4 Å². The third-order valence-corrected chi connectivity index (χ3v) is 9.47. The minimum absolute atomic E-state index is 0.0149. The van der Waals surface area contributed by atoms with E-state index in [1.165, 1.54) is 4.31 Å². The average Bonchev–Trinajstić information content (AvgIpc) is 3.25. The van der Waals surface area contributed by atoms with Gasteiger partial charge in [-0.2, -0.15) is 4.31 Å². The molecule has 0 spiro atoms. The van der Waals surface area contributed by atoms with Crippen LogP contribution in [0, 0.1) is 5.92 Å². The maximum Gasteiger partial charge on any atom is 0.348 e. The highest BCUT2D eigenvalue weighted by atomic mass is 32.2. The van der Waals surface area contributed by atoms with Gasteiger partial charge in [-0.15, -0.1) is 11.3 Å². The zero-order valence-corrected chi connectivity index (χ0v) is 20.0. The molecular weight excluding hydrogens is 462 g/mol. The predicted molar refractivity (Wildman–Crippen MR) is 129 cm³/mol. The molecule has 33 heavy (non-hydrogen) atoms. The zero-order chi connectivity index (χ0) is 23.6. The van der Waals surface area contributed by atoms with Crippen molar-refractivity contribution in [3.63, 3.8) is 0 Å². The summed E-state index contributed by atoms with van der Waals surface area (Å²) in [5.41, 5.74) is 6.74. The summed E-state index contributed by atoms with van der Waals surface area (Å²) in [5.74, 6) is -1.59. The Kier molecular flexibility index (Phi) is 7.18. The van der Waals surface area contributed by atoms with Gasteiger partial charge in [-0.1, -0.05) is 49.6 Å². The lowest BCUT2D eigenvalue weighted by molar-refractivity contribution is -0.121. The van der Waals surface area contributed by atoms with Crippen molar-refractivity contribution in [2.75, 3.05) is 30.3 Å². The molecule has 2 fully saturated rings. The van der Waals surface area contributed by atoms with Crippen LogP contribution in [0.15, 0.2) is 36.4 Å². The highest BCUT2D eigenvalue weighted by Gasteiger charge is 2.43. The van der Waals surface area contributed by atoms with Gasteiger partial charge in [0.05, 0.1) is 24.0 Å². The number of hydrogen-bond donors (Lipinski definition) is 2. The SMILES string of the molecule is NCCS(=O)(=O)N1CC(=O)N(c2cc(-c3ccccc3)sc2C(=O)O)C(C2CCCCC2)C1. The number of rotatable bonds is 7. The topological polar surface area (TPSA) is 121 Å². The van der Waals surface area contributed by atoms with E-state index in [0.717, 1.165) is 53.9 Å². The molecule has 3 N–H and O–H groups in total. The number of nitrogens with two attached hydrogens (primary N) is 1. The molecule has 1 amide bonds. The van der Waals surface area contributed by atoms with E-state index < -0.39 is 27.9 Å². The van der Waals surface area contributed by atoms with Gasteiger partial charge >= 0.3 is 5.97 Å². The van der Waals surface area contributed by atoms with Crippen LogP contribution in [0.1, 0.15) is 41.8 Å². The molecule has 1 aliphatic heterocycles. The minimum Gasteiger partial charge on any atom is -0.477 e. The second kappa shape index (κ2) is 9.92. The molecule has 178 valence electrons. The summed E-state index contributed by atoms with van der Waals surface area (Å²) in [7, 11) is -3.66. The highest BCUT2D eigenvalue weighted by Crippen LogP contribution is 2.41. The molecule has 0 radical (unpaired) electrons. The van der Waals surface area contributed by atoms with E-state index >= 15 is 0 Å². The summed E-state index contributed by atoms with van der Waals surface area (Å²) in [6.45, 7) is -0.158. The van der Waals surface area contributed by atoms with Gasteiger partial charge in [0.15, 0.2) is 0 Å². The lowest BCUT2D eigenvalue weighted by atomic mass is 9.82. The van der Waals surface area contributed by atoms with Gasteiger partial charge in [-0.05, 0) is 30.4 Å². The molecule has 1 aromatic heterocycles. The van der Waals surface area contributed by atoms with Crippen molar-refractivity contribution < 1.29 is 23.1 Å². The fourth-order valence-corrected chi connectivity index (χ4v) is 7.14. The Bertz CT molecular complexity index is 1110. The predicted octanol–water partition coefficient (Wildman–Crippen LogP) is 3.00. The van der Waals surface area contributed by atoms with E-state index in [-0.39, 0.29) is 36.2 Å². The molecule has 8 nitrogen and oxygen atoms in total. The number of carboxylic acid groups (broad SMARTS) is 1. The number of thiophene rings is 1. The van der Waals surface area contributed by atoms with Gasteiger partial charge in [-0.3, -0.25) is 4.79 Å². The monoisotopic (exact) mass is 491 g/mol. The largest absolute Gasteiger partial charge is 0.477 e. The van der Waals surface area contributed by atoms with E-state index in [2.05, 4.69) is 0 Å². The van der Waals surface area contributed by atoms with Crippen molar-refractivity contribution in [3.8, 4) is 10.4 Å². The van der Waals surface area contributed by atoms with Gasteiger partial charge in [-0.25, -0.2) is 13.2 Å². The number of sulfonamides is 1. The van der Waals surface area contributed by atoms with Crippen molar-refractivity contribution in [1.82, 2.24) is 4.31 Å². The molecule has 1 aromatic carbocycles. The maximum absolute atomic E-state index is 13.4. The van der Waals surface area contributed by atoms with Crippen LogP contribution in [-0.2, 0) is 14.8 Å². The van der Waals surface area contributed by atoms with Crippen LogP contribution in [0.4, 0.5) is 5.69 Å². The lowest BCUT2D eigenvalue weighted by Gasteiger charge is -2.44. The summed E-state index contributed by atoms with van der Waals surface area (Å²) >= 11 is 1.14. The Morgan fingerprint density at radius 1 is 1.15 bits per heavy atom. The molecule has 1 atom stereocenters. The third-order valence-electron chi connectivity index (χ3n) is 6.49. The molecule has 4 rings (SSSR count). The van der Waals surface area contributed by atoms with Gasteiger partial charge in [0.25, 0.3) is 0 Å². The molecule has 10 heteroatoms. The van der Waals surface area contributed by atoms with Crippen molar-refractivity contribution in [2.24, 2.45) is 11.7 Å². The third kappa shape index (κ3) is 4.98. The number of benzene rings is 1. The molecule has 2 aromatic rings. The Labute approximate surface area is 198 Å². The smallest absolute Gasteiger partial charge is 0.348 e. The zero-order valence-electron chi connectivity index (χ0n) is 18.4. The first kappa shape index (κ1) is 23.9. The highest BCUT2D eigenvalue weighted by molar-refractivity contribution is 7.89. The number of anilines is 1. The van der Waals surface area contributed by atoms with Crippen LogP contribution in [0.3, 0.4) is 0 Å². The van der Waals surface area contributed by atoms with E-state index in [9.17, 15) is 23.1 Å². The first-order valence-corrected chi connectivity index (χ1v) is 13.7. The van der Waals surface area contributed by atoms with E-state index in [1.807, 2.05) is 30.3 Å². The minimum atomic E-state index is -3.66. The number of aromatic carboxylic acids is 1. The lowest BCUT2D eigenvalue weighted by Crippen LogP contribution is -2.61. The summed E-state index contributed by atoms with van der Waals surface area (Å²) in [5, 5.41) is 9.94. The maximum atomic E-state index is 13.4. The van der Waals surface area contributed by atoms with Crippen LogP contribution >= 0.6 is 11.3 Å². The fourth-order valence-electron chi connectivity index (χ4n) is 4.91. The van der Waals surface area contributed by atoms with E-state index in [4.69, 9.17) is 5.73 Å². The number of carbonyl (C=O) groups is 2. The average molecular weight is 492 g/mol. The van der Waals surface area contributed by atoms with Crippen LogP contribution < -0.4 is 10.6 Å². The Balaban J connectivity index is 1.77. The van der Waals surface area contributed by atoms with Gasteiger partial charge < -0.3 is 15.7 Å². The molecule has 1 aliphatic carbocycles. The molecule has 2 heterocycles. The van der Waals surface area contributed by atoms with Crippen LogP contribution in [0.2, 0.25) is 0 Å². The van der Waals surface area contributed by atoms with Gasteiger partial charge in [0.1, 0.15) is 4.88 Å². The molecule has 1 unspecified atom stereocenters. The standard InChI is InChI=1S/C23H29N3O5S2/c24-11-12-33(30,31)25-14-19(16-7-3-1-4-8-16)26(21(27)15-25)18-13-20(32-22(18)23(28)29)17-9-5-2-6-10-17/h2,5-6,9-10,13,16,19H,1,3-4,7-8,11-12,14-15,24H2,(H,28,29). The van der Waals surface area contributed by atoms with Crippen molar-refractivity contribution >= 4 is 38.9 Å². The fraction of sp³-hybridized carbons (Fsp3) is 0.478. The van der Waals surface area contributed by atoms with Crippen molar-refractivity contribution in [1.29, 1.82) is 0 Å². The second-order valence-corrected chi connectivity index (χ2v) is 11.8. The van der Waals surface area contributed by atoms with Crippen molar-refractivity contribution in [2.45, 2.75) is 38.1 Å². The first-order valence-electron chi connectivity index (χ1n) is 11.2. The number of carboxylic acids is 1. The first-order chi connectivity index (χ1) is 15.8. The Morgan fingerprint density at radius 3 is 2.48 bits per heavy atom. The van der Waals surface area contributed by atoms with Gasteiger partial charge in [0.2, 0.25) is 15.9 Å². The van der Waals surface area contributed by atoms with E-state index in [1.54, 1.807) is 11.0 Å². The van der Waals surface area contributed by atoms with Crippen LogP contribution in [-0.4, -0.2) is 61.1 Å². The number of hydrogen-bond acceptors (Lipinski definition) is 6. The van der Waals surface area contributed by atoms with Crippen LogP contribution in [0.5, 0.6) is 0 Å². The Hall–Kier alpha value is -2.27. The Morgan fingerprint density at radius 2 is 1.85 bits per heavy atom. The molecular formula is C23H29N3O5S2.